The Kier molecular flexibility index (Phi) is 4.18. The maximum atomic E-state index is 12.3. The lowest BCUT2D eigenvalue weighted by Crippen LogP contribution is -2.53. The van der Waals surface area contributed by atoms with E-state index in [-0.39, 0.29) is 23.6 Å². The van der Waals surface area contributed by atoms with Gasteiger partial charge < -0.3 is 15.0 Å². The van der Waals surface area contributed by atoms with Gasteiger partial charge >= 0.3 is 6.09 Å². The Labute approximate surface area is 126 Å². The molecule has 1 atom stereocenters. The average molecular weight is 292 g/mol. The van der Waals surface area contributed by atoms with E-state index in [1.165, 1.54) is 0 Å². The number of carbonyl (C=O) groups excluding carboxylic acids is 2. The summed E-state index contributed by atoms with van der Waals surface area (Å²) in [6, 6.07) is 0.0231. The standard InChI is InChI=1S/C16H24N2O3/c1-5-7-13(19)17-16(9-10-16)12-8-6-11-18(12)14(20)21-15(2,3)4/h12H,6,8-11H2,1-4H3,(H,17,19). The van der Waals surface area contributed by atoms with E-state index in [2.05, 4.69) is 17.2 Å². The Morgan fingerprint density at radius 1 is 1.33 bits per heavy atom. The molecular weight excluding hydrogens is 268 g/mol. The number of hydrogen-bond acceptors (Lipinski definition) is 3. The Morgan fingerprint density at radius 3 is 2.52 bits per heavy atom. The second-order valence-corrected chi connectivity index (χ2v) is 6.82. The third kappa shape index (κ3) is 3.69. The molecule has 0 bridgehead atoms. The fourth-order valence-corrected chi connectivity index (χ4v) is 2.93. The molecule has 1 aliphatic carbocycles. The van der Waals surface area contributed by atoms with Gasteiger partial charge in [-0.25, -0.2) is 4.79 Å². The number of amides is 2. The minimum absolute atomic E-state index is 0.0231. The Morgan fingerprint density at radius 2 is 2.00 bits per heavy atom. The molecule has 1 aliphatic heterocycles. The fourth-order valence-electron chi connectivity index (χ4n) is 2.93. The Bertz CT molecular complexity index is 492. The molecule has 5 nitrogen and oxygen atoms in total. The molecule has 1 saturated carbocycles. The van der Waals surface area contributed by atoms with Crippen molar-refractivity contribution in [2.45, 2.75) is 70.6 Å². The lowest BCUT2D eigenvalue weighted by molar-refractivity contribution is -0.117. The van der Waals surface area contributed by atoms with Gasteiger partial charge in [0.1, 0.15) is 5.60 Å². The number of nitrogens with zero attached hydrogens (tertiary/aromatic N) is 1. The minimum atomic E-state index is -0.502. The van der Waals surface area contributed by atoms with Gasteiger partial charge in [0.25, 0.3) is 5.91 Å². The van der Waals surface area contributed by atoms with E-state index in [0.717, 1.165) is 25.7 Å². The van der Waals surface area contributed by atoms with Crippen LogP contribution in [-0.2, 0) is 9.53 Å². The summed E-state index contributed by atoms with van der Waals surface area (Å²) in [6.07, 6.45) is 3.36. The van der Waals surface area contributed by atoms with Gasteiger partial charge in [-0.15, -0.1) is 0 Å². The van der Waals surface area contributed by atoms with E-state index in [1.807, 2.05) is 20.8 Å². The highest BCUT2D eigenvalue weighted by atomic mass is 16.6. The van der Waals surface area contributed by atoms with Crippen LogP contribution in [0.25, 0.3) is 0 Å². The molecule has 2 aliphatic rings. The summed E-state index contributed by atoms with van der Waals surface area (Å²) in [4.78, 5) is 25.8. The van der Waals surface area contributed by atoms with Crippen LogP contribution in [0.5, 0.6) is 0 Å². The first kappa shape index (κ1) is 15.7. The van der Waals surface area contributed by atoms with Gasteiger partial charge in [0.2, 0.25) is 0 Å². The quantitative estimate of drug-likeness (QED) is 0.793. The maximum absolute atomic E-state index is 12.3. The SMILES string of the molecule is CC#CC(=O)NC1(C2CCCN2C(=O)OC(C)(C)C)CC1. The topological polar surface area (TPSA) is 58.6 Å². The predicted octanol–water partition coefficient (Wildman–Crippen LogP) is 2.06. The van der Waals surface area contributed by atoms with Crippen LogP contribution in [0, 0.1) is 11.8 Å². The lowest BCUT2D eigenvalue weighted by atomic mass is 10.0. The summed E-state index contributed by atoms with van der Waals surface area (Å²) >= 11 is 0. The van der Waals surface area contributed by atoms with Crippen LogP contribution >= 0.6 is 0 Å². The van der Waals surface area contributed by atoms with Crippen molar-refractivity contribution in [3.63, 3.8) is 0 Å². The lowest BCUT2D eigenvalue weighted by Gasteiger charge is -2.33. The van der Waals surface area contributed by atoms with Gasteiger partial charge in [0.05, 0.1) is 11.6 Å². The van der Waals surface area contributed by atoms with E-state index >= 15 is 0 Å². The fraction of sp³-hybridized carbons (Fsp3) is 0.750. The number of likely N-dealkylation sites (tertiary alicyclic amines) is 1. The van der Waals surface area contributed by atoms with Crippen molar-refractivity contribution in [1.82, 2.24) is 10.2 Å². The second-order valence-electron chi connectivity index (χ2n) is 6.82. The molecular formula is C16H24N2O3. The van der Waals surface area contributed by atoms with E-state index in [9.17, 15) is 9.59 Å². The van der Waals surface area contributed by atoms with Crippen molar-refractivity contribution in [3.05, 3.63) is 0 Å². The summed E-state index contributed by atoms with van der Waals surface area (Å²) in [6.45, 7) is 7.92. The zero-order chi connectivity index (χ0) is 15.7. The summed E-state index contributed by atoms with van der Waals surface area (Å²) in [7, 11) is 0. The molecule has 1 saturated heterocycles. The van der Waals surface area contributed by atoms with Crippen molar-refractivity contribution in [3.8, 4) is 11.8 Å². The van der Waals surface area contributed by atoms with Crippen LogP contribution in [0.15, 0.2) is 0 Å². The van der Waals surface area contributed by atoms with Crippen LogP contribution in [0.4, 0.5) is 4.79 Å². The van der Waals surface area contributed by atoms with Crippen molar-refractivity contribution in [2.75, 3.05) is 6.54 Å². The average Bonchev–Trinajstić information content (AvgIpc) is 2.94. The smallest absolute Gasteiger partial charge is 0.410 e. The largest absolute Gasteiger partial charge is 0.444 e. The van der Waals surface area contributed by atoms with Gasteiger partial charge in [-0.3, -0.25) is 4.79 Å². The maximum Gasteiger partial charge on any atom is 0.410 e. The van der Waals surface area contributed by atoms with Crippen LogP contribution in [0.3, 0.4) is 0 Å². The van der Waals surface area contributed by atoms with Gasteiger partial charge in [-0.2, -0.15) is 0 Å². The highest BCUT2D eigenvalue weighted by Gasteiger charge is 2.55. The van der Waals surface area contributed by atoms with Crippen LogP contribution in [0.1, 0.15) is 53.4 Å². The molecule has 1 heterocycles. The molecule has 0 spiro atoms. The highest BCUT2D eigenvalue weighted by Crippen LogP contribution is 2.45. The minimum Gasteiger partial charge on any atom is -0.444 e. The molecule has 1 unspecified atom stereocenters. The van der Waals surface area contributed by atoms with E-state index in [0.29, 0.717) is 6.54 Å². The van der Waals surface area contributed by atoms with Gasteiger partial charge in [0, 0.05) is 6.54 Å². The monoisotopic (exact) mass is 292 g/mol. The normalized spacial score (nSPS) is 23.0. The number of rotatable bonds is 2. The first-order valence-electron chi connectivity index (χ1n) is 7.52. The molecule has 0 aromatic heterocycles. The third-order valence-electron chi connectivity index (χ3n) is 3.91. The number of ether oxygens (including phenoxy) is 1. The van der Waals surface area contributed by atoms with Crippen LogP contribution < -0.4 is 5.32 Å². The third-order valence-corrected chi connectivity index (χ3v) is 3.91. The zero-order valence-electron chi connectivity index (χ0n) is 13.3. The first-order valence-corrected chi connectivity index (χ1v) is 7.52. The van der Waals surface area contributed by atoms with E-state index in [1.54, 1.807) is 11.8 Å². The van der Waals surface area contributed by atoms with Crippen molar-refractivity contribution in [1.29, 1.82) is 0 Å². The molecule has 21 heavy (non-hydrogen) atoms. The number of nitrogens with one attached hydrogen (secondary N) is 1. The van der Waals surface area contributed by atoms with E-state index < -0.39 is 5.60 Å². The van der Waals surface area contributed by atoms with Crippen LogP contribution in [-0.4, -0.2) is 40.6 Å². The van der Waals surface area contributed by atoms with Gasteiger partial charge in [-0.1, -0.05) is 5.92 Å². The molecule has 1 N–H and O–H groups in total. The highest BCUT2D eigenvalue weighted by molar-refractivity contribution is 5.94. The summed E-state index contributed by atoms with van der Waals surface area (Å²) in [5.74, 6) is 4.86. The summed E-state index contributed by atoms with van der Waals surface area (Å²) in [5.41, 5.74) is -0.799. The Balaban J connectivity index is 2.06. The zero-order valence-corrected chi connectivity index (χ0v) is 13.3. The van der Waals surface area contributed by atoms with Gasteiger partial charge in [0.15, 0.2) is 0 Å². The molecule has 116 valence electrons. The molecule has 0 aromatic rings. The number of carbonyl (C=O) groups is 2. The summed E-state index contributed by atoms with van der Waals surface area (Å²) in [5, 5.41) is 3.00. The molecule has 2 rings (SSSR count). The molecule has 0 aromatic carbocycles. The molecule has 0 radical (unpaired) electrons. The Hall–Kier alpha value is -1.70. The molecule has 5 heteroatoms. The first-order chi connectivity index (χ1) is 9.77. The van der Waals surface area contributed by atoms with Crippen LogP contribution in [0.2, 0.25) is 0 Å². The van der Waals surface area contributed by atoms with E-state index in [4.69, 9.17) is 4.74 Å². The van der Waals surface area contributed by atoms with Crippen molar-refractivity contribution >= 4 is 12.0 Å². The number of hydrogen-bond donors (Lipinski definition) is 1. The summed E-state index contributed by atoms with van der Waals surface area (Å²) < 4.78 is 5.47. The van der Waals surface area contributed by atoms with Crippen molar-refractivity contribution < 1.29 is 14.3 Å². The van der Waals surface area contributed by atoms with Gasteiger partial charge in [-0.05, 0) is 59.3 Å². The van der Waals surface area contributed by atoms with Crippen molar-refractivity contribution in [2.24, 2.45) is 0 Å². The molecule has 2 amide bonds. The predicted molar refractivity (Wildman–Crippen MR) is 79.5 cm³/mol. The second kappa shape index (κ2) is 5.59. The molecule has 2 fully saturated rings.